The number of rotatable bonds is 2. The van der Waals surface area contributed by atoms with E-state index in [1.807, 2.05) is 0 Å². The van der Waals surface area contributed by atoms with Crippen LogP contribution < -0.4 is 16.2 Å². The van der Waals surface area contributed by atoms with Crippen molar-refractivity contribution < 1.29 is 14.0 Å². The van der Waals surface area contributed by atoms with E-state index in [0.717, 1.165) is 12.8 Å². The van der Waals surface area contributed by atoms with E-state index >= 15 is 0 Å². The smallest absolute Gasteiger partial charge is 0.333 e. The molecule has 5 nitrogen and oxygen atoms in total. The minimum Gasteiger partial charge on any atom is -0.334 e. The zero-order chi connectivity index (χ0) is 12.3. The molecule has 0 spiro atoms. The maximum atomic E-state index is 12.6. The molecule has 6 heteroatoms. The fourth-order valence-corrected chi connectivity index (χ4v) is 1.24. The molecule has 0 aromatic heterocycles. The Balaban J connectivity index is 1.79. The van der Waals surface area contributed by atoms with Crippen LogP contribution in [-0.4, -0.2) is 18.0 Å². The van der Waals surface area contributed by atoms with E-state index in [2.05, 4.69) is 16.2 Å². The average Bonchev–Trinajstić information content (AvgIpc) is 3.11. The molecule has 1 aliphatic carbocycles. The van der Waals surface area contributed by atoms with E-state index in [9.17, 15) is 14.0 Å². The van der Waals surface area contributed by atoms with E-state index in [1.54, 1.807) is 0 Å². The summed E-state index contributed by atoms with van der Waals surface area (Å²) < 4.78 is 12.6. The maximum absolute atomic E-state index is 12.6. The number of hydrazine groups is 1. The highest BCUT2D eigenvalue weighted by molar-refractivity contribution is 5.95. The number of amides is 3. The predicted octanol–water partition coefficient (Wildman–Crippen LogP) is 0.932. The molecule has 0 radical (unpaired) electrons. The molecule has 0 saturated heterocycles. The van der Waals surface area contributed by atoms with Crippen molar-refractivity contribution in [2.75, 3.05) is 0 Å². The highest BCUT2D eigenvalue weighted by atomic mass is 19.1. The molecule has 3 N–H and O–H groups in total. The van der Waals surface area contributed by atoms with Gasteiger partial charge in [0.1, 0.15) is 5.82 Å². The quantitative estimate of drug-likeness (QED) is 0.670. The van der Waals surface area contributed by atoms with Crippen LogP contribution in [0.1, 0.15) is 23.2 Å². The minimum atomic E-state index is -0.490. The van der Waals surface area contributed by atoms with Gasteiger partial charge in [-0.2, -0.15) is 0 Å². The Morgan fingerprint density at radius 2 is 1.76 bits per heavy atom. The number of halogens is 1. The van der Waals surface area contributed by atoms with Crippen LogP contribution in [0.15, 0.2) is 24.3 Å². The Bertz CT molecular complexity index is 429. The molecule has 1 saturated carbocycles. The Kier molecular flexibility index (Phi) is 3.22. The lowest BCUT2D eigenvalue weighted by Crippen LogP contribution is -2.47. The van der Waals surface area contributed by atoms with Crippen LogP contribution in [0.3, 0.4) is 0 Å². The van der Waals surface area contributed by atoms with Crippen molar-refractivity contribution >= 4 is 11.9 Å². The van der Waals surface area contributed by atoms with Gasteiger partial charge in [0.2, 0.25) is 0 Å². The van der Waals surface area contributed by atoms with Gasteiger partial charge in [0.25, 0.3) is 5.91 Å². The van der Waals surface area contributed by atoms with E-state index in [-0.39, 0.29) is 11.6 Å². The van der Waals surface area contributed by atoms with Gasteiger partial charge in [-0.05, 0) is 37.1 Å². The molecule has 0 aliphatic heterocycles. The summed E-state index contributed by atoms with van der Waals surface area (Å²) in [6.45, 7) is 0. The third-order valence-corrected chi connectivity index (χ3v) is 2.31. The SMILES string of the molecule is O=C(NNC(=O)c1ccc(F)cc1)NC1CC1. The van der Waals surface area contributed by atoms with Gasteiger partial charge in [0.15, 0.2) is 0 Å². The Hall–Kier alpha value is -2.11. The molecule has 0 heterocycles. The fraction of sp³-hybridized carbons (Fsp3) is 0.273. The second-order valence-electron chi connectivity index (χ2n) is 3.83. The average molecular weight is 237 g/mol. The van der Waals surface area contributed by atoms with Gasteiger partial charge >= 0.3 is 6.03 Å². The lowest BCUT2D eigenvalue weighted by molar-refractivity contribution is 0.0936. The predicted molar refractivity (Wildman–Crippen MR) is 58.6 cm³/mol. The lowest BCUT2D eigenvalue weighted by Gasteiger charge is -2.08. The van der Waals surface area contributed by atoms with Gasteiger partial charge in [-0.15, -0.1) is 0 Å². The first-order chi connectivity index (χ1) is 8.15. The molecule has 1 aromatic rings. The molecule has 1 fully saturated rings. The number of nitrogens with one attached hydrogen (secondary N) is 3. The highest BCUT2D eigenvalue weighted by Crippen LogP contribution is 2.17. The number of hydrogen-bond donors (Lipinski definition) is 3. The van der Waals surface area contributed by atoms with Gasteiger partial charge < -0.3 is 5.32 Å². The second-order valence-corrected chi connectivity index (χ2v) is 3.83. The topological polar surface area (TPSA) is 70.2 Å². The summed E-state index contributed by atoms with van der Waals surface area (Å²) in [4.78, 5) is 22.7. The van der Waals surface area contributed by atoms with E-state index in [4.69, 9.17) is 0 Å². The van der Waals surface area contributed by atoms with Crippen molar-refractivity contribution in [3.8, 4) is 0 Å². The second kappa shape index (κ2) is 4.82. The number of urea groups is 1. The largest absolute Gasteiger partial charge is 0.334 e. The summed E-state index contributed by atoms with van der Waals surface area (Å²) >= 11 is 0. The summed E-state index contributed by atoms with van der Waals surface area (Å²) in [5, 5.41) is 2.65. The Labute approximate surface area is 97.4 Å². The molecule has 1 aromatic carbocycles. The van der Waals surface area contributed by atoms with Gasteiger partial charge in [-0.1, -0.05) is 0 Å². The number of hydrogen-bond acceptors (Lipinski definition) is 2. The number of benzene rings is 1. The molecule has 1 aliphatic rings. The van der Waals surface area contributed by atoms with Crippen LogP contribution >= 0.6 is 0 Å². The van der Waals surface area contributed by atoms with Crippen molar-refractivity contribution in [1.29, 1.82) is 0 Å². The van der Waals surface area contributed by atoms with E-state index in [1.165, 1.54) is 24.3 Å². The minimum absolute atomic E-state index is 0.220. The van der Waals surface area contributed by atoms with Crippen LogP contribution in [0.2, 0.25) is 0 Å². The molecule has 2 rings (SSSR count). The Morgan fingerprint density at radius 1 is 1.12 bits per heavy atom. The molecular formula is C11H12FN3O2. The zero-order valence-corrected chi connectivity index (χ0v) is 9.00. The van der Waals surface area contributed by atoms with Crippen molar-refractivity contribution in [2.45, 2.75) is 18.9 Å². The van der Waals surface area contributed by atoms with Crippen LogP contribution in [0.4, 0.5) is 9.18 Å². The summed E-state index contributed by atoms with van der Waals surface area (Å²) in [5.74, 6) is -0.906. The standard InChI is InChI=1S/C11H12FN3O2/c12-8-3-1-7(2-4-8)10(16)14-15-11(17)13-9-5-6-9/h1-4,9H,5-6H2,(H,14,16)(H2,13,15,17). The van der Waals surface area contributed by atoms with Crippen LogP contribution in [-0.2, 0) is 0 Å². The normalized spacial score (nSPS) is 13.9. The summed E-state index contributed by atoms with van der Waals surface area (Å²) in [6, 6.07) is 4.81. The maximum Gasteiger partial charge on any atom is 0.333 e. The van der Waals surface area contributed by atoms with Crippen molar-refractivity contribution in [3.63, 3.8) is 0 Å². The molecule has 0 atom stereocenters. The first kappa shape index (κ1) is 11.4. The summed E-state index contributed by atoms with van der Waals surface area (Å²) in [7, 11) is 0. The molecule has 3 amide bonds. The van der Waals surface area contributed by atoms with E-state index in [0.29, 0.717) is 0 Å². The first-order valence-corrected chi connectivity index (χ1v) is 5.27. The van der Waals surface area contributed by atoms with Crippen molar-refractivity contribution in [2.24, 2.45) is 0 Å². The fourth-order valence-electron chi connectivity index (χ4n) is 1.24. The lowest BCUT2D eigenvalue weighted by atomic mass is 10.2. The van der Waals surface area contributed by atoms with Crippen LogP contribution in [0.25, 0.3) is 0 Å². The number of carbonyl (C=O) groups excluding carboxylic acids is 2. The molecule has 17 heavy (non-hydrogen) atoms. The zero-order valence-electron chi connectivity index (χ0n) is 9.00. The van der Waals surface area contributed by atoms with Gasteiger partial charge in [-0.25, -0.2) is 14.6 Å². The third kappa shape index (κ3) is 3.44. The highest BCUT2D eigenvalue weighted by Gasteiger charge is 2.23. The van der Waals surface area contributed by atoms with Gasteiger partial charge in [0, 0.05) is 11.6 Å². The van der Waals surface area contributed by atoms with Crippen molar-refractivity contribution in [1.82, 2.24) is 16.2 Å². The van der Waals surface area contributed by atoms with Gasteiger partial charge in [0.05, 0.1) is 0 Å². The molecule has 0 bridgehead atoms. The van der Waals surface area contributed by atoms with Crippen LogP contribution in [0.5, 0.6) is 0 Å². The van der Waals surface area contributed by atoms with Gasteiger partial charge in [-0.3, -0.25) is 10.2 Å². The third-order valence-electron chi connectivity index (χ3n) is 2.31. The Morgan fingerprint density at radius 3 is 2.35 bits per heavy atom. The van der Waals surface area contributed by atoms with Crippen LogP contribution in [0, 0.1) is 5.82 Å². The monoisotopic (exact) mass is 237 g/mol. The van der Waals surface area contributed by atoms with E-state index < -0.39 is 17.8 Å². The van der Waals surface area contributed by atoms with Crippen molar-refractivity contribution in [3.05, 3.63) is 35.6 Å². The molecule has 0 unspecified atom stereocenters. The summed E-state index contributed by atoms with van der Waals surface area (Å²) in [6.07, 6.45) is 1.94. The number of carbonyl (C=O) groups is 2. The molecular weight excluding hydrogens is 225 g/mol. The summed E-state index contributed by atoms with van der Waals surface area (Å²) in [5.41, 5.74) is 4.73. The molecule has 90 valence electrons. The first-order valence-electron chi connectivity index (χ1n) is 5.27.